The Labute approximate surface area is 185 Å². The third-order valence-corrected chi connectivity index (χ3v) is 5.02. The summed E-state index contributed by atoms with van der Waals surface area (Å²) in [6, 6.07) is 28.2. The molecule has 3 aromatic rings. The number of methoxy groups -OCH3 is 1. The van der Waals surface area contributed by atoms with Crippen LogP contribution in [0.2, 0.25) is 0 Å². The lowest BCUT2D eigenvalue weighted by molar-refractivity contribution is 0.0990. The van der Waals surface area contributed by atoms with Gasteiger partial charge in [-0.1, -0.05) is 72.8 Å². The molecule has 3 rings (SSSR count). The highest BCUT2D eigenvalue weighted by atomic mass is 16.5. The predicted molar refractivity (Wildman–Crippen MR) is 127 cm³/mol. The predicted octanol–water partition coefficient (Wildman–Crippen LogP) is 4.59. The van der Waals surface area contributed by atoms with Gasteiger partial charge in [-0.2, -0.15) is 0 Å². The first-order valence-electron chi connectivity index (χ1n) is 10.5. The van der Waals surface area contributed by atoms with Crippen LogP contribution < -0.4 is 4.74 Å². The van der Waals surface area contributed by atoms with E-state index in [2.05, 4.69) is 29.2 Å². The van der Waals surface area contributed by atoms with Gasteiger partial charge in [0.1, 0.15) is 18.5 Å². The molecule has 4 nitrogen and oxygen atoms in total. The molecule has 4 heteroatoms. The van der Waals surface area contributed by atoms with Crippen LogP contribution in [0.3, 0.4) is 0 Å². The first-order valence-corrected chi connectivity index (χ1v) is 10.5. The molecule has 0 saturated heterocycles. The molecule has 1 N–H and O–H groups in total. The molecule has 162 valence electrons. The summed E-state index contributed by atoms with van der Waals surface area (Å²) in [5.41, 5.74) is 4.85. The van der Waals surface area contributed by atoms with Crippen molar-refractivity contribution in [1.29, 1.82) is 0 Å². The van der Waals surface area contributed by atoms with Crippen molar-refractivity contribution in [2.75, 3.05) is 41.0 Å². The summed E-state index contributed by atoms with van der Waals surface area (Å²) in [5.74, 6) is 0.830. The summed E-state index contributed by atoms with van der Waals surface area (Å²) in [4.78, 5) is 2.09. The average molecular weight is 418 g/mol. The highest BCUT2D eigenvalue weighted by Gasteiger charge is 2.20. The van der Waals surface area contributed by atoms with Crippen LogP contribution in [0.25, 0.3) is 11.1 Å². The summed E-state index contributed by atoms with van der Waals surface area (Å²) in [6.45, 7) is 1.71. The van der Waals surface area contributed by atoms with Crippen LogP contribution in [0.4, 0.5) is 0 Å². The van der Waals surface area contributed by atoms with Gasteiger partial charge < -0.3 is 19.5 Å². The molecule has 0 fully saturated rings. The average Bonchev–Trinajstić information content (AvgIpc) is 2.79. The molecule has 3 aromatic carbocycles. The third kappa shape index (κ3) is 6.28. The molecule has 0 aliphatic carbocycles. The highest BCUT2D eigenvalue weighted by molar-refractivity contribution is 6.00. The summed E-state index contributed by atoms with van der Waals surface area (Å²) in [6.07, 6.45) is -0.765. The number of likely N-dealkylation sites (N-methyl/N-ethyl adjacent to an activating group) is 1. The van der Waals surface area contributed by atoms with Crippen molar-refractivity contribution in [3.63, 3.8) is 0 Å². The Hall–Kier alpha value is -2.92. The Morgan fingerprint density at radius 2 is 1.35 bits per heavy atom. The van der Waals surface area contributed by atoms with Crippen LogP contribution in [0.5, 0.6) is 5.75 Å². The second kappa shape index (κ2) is 11.5. The van der Waals surface area contributed by atoms with E-state index in [4.69, 9.17) is 9.47 Å². The van der Waals surface area contributed by atoms with Gasteiger partial charge in [0.25, 0.3) is 0 Å². The molecule has 0 saturated carbocycles. The van der Waals surface area contributed by atoms with Gasteiger partial charge in [-0.3, -0.25) is 0 Å². The van der Waals surface area contributed by atoms with E-state index in [1.54, 1.807) is 7.11 Å². The summed E-state index contributed by atoms with van der Waals surface area (Å²) < 4.78 is 11.2. The van der Waals surface area contributed by atoms with E-state index in [0.29, 0.717) is 6.61 Å². The Morgan fingerprint density at radius 3 is 1.90 bits per heavy atom. The molecule has 0 amide bonds. The molecule has 0 aromatic heterocycles. The fourth-order valence-electron chi connectivity index (χ4n) is 3.51. The Kier molecular flexibility index (Phi) is 8.42. The lowest BCUT2D eigenvalue weighted by atomic mass is 9.87. The normalized spacial score (nSPS) is 13.1. The van der Waals surface area contributed by atoms with Crippen LogP contribution in [0.15, 0.2) is 84.9 Å². The van der Waals surface area contributed by atoms with Crippen molar-refractivity contribution in [2.24, 2.45) is 0 Å². The maximum absolute atomic E-state index is 11.1. The number of hydrogen-bond donors (Lipinski definition) is 1. The minimum Gasteiger partial charge on any atom is -0.492 e. The first kappa shape index (κ1) is 22.8. The van der Waals surface area contributed by atoms with Crippen molar-refractivity contribution in [1.82, 2.24) is 4.90 Å². The van der Waals surface area contributed by atoms with Gasteiger partial charge in [0, 0.05) is 13.7 Å². The largest absolute Gasteiger partial charge is 0.492 e. The molecular weight excluding hydrogens is 386 g/mol. The van der Waals surface area contributed by atoms with Crippen LogP contribution >= 0.6 is 0 Å². The van der Waals surface area contributed by atoms with Crippen molar-refractivity contribution < 1.29 is 14.6 Å². The highest BCUT2D eigenvalue weighted by Crippen LogP contribution is 2.35. The van der Waals surface area contributed by atoms with E-state index in [-0.39, 0.29) is 6.61 Å². The lowest BCUT2D eigenvalue weighted by Gasteiger charge is -2.22. The van der Waals surface area contributed by atoms with Gasteiger partial charge in [-0.05, 0) is 54.1 Å². The quantitative estimate of drug-likeness (QED) is 0.490. The maximum atomic E-state index is 11.1. The van der Waals surface area contributed by atoms with Crippen molar-refractivity contribution in [3.05, 3.63) is 102 Å². The molecule has 0 bridgehead atoms. The van der Waals surface area contributed by atoms with Crippen LogP contribution in [0.1, 0.15) is 16.7 Å². The molecule has 1 atom stereocenters. The third-order valence-electron chi connectivity index (χ3n) is 5.02. The number of nitrogens with zero attached hydrogens (tertiary/aromatic N) is 1. The zero-order chi connectivity index (χ0) is 22.1. The van der Waals surface area contributed by atoms with Crippen LogP contribution in [-0.4, -0.2) is 57.1 Å². The molecule has 0 radical (unpaired) electrons. The lowest BCUT2D eigenvalue weighted by Crippen LogP contribution is -2.19. The van der Waals surface area contributed by atoms with E-state index >= 15 is 0 Å². The fraction of sp³-hybridized carbons (Fsp3) is 0.259. The Bertz CT molecular complexity index is 951. The van der Waals surface area contributed by atoms with Gasteiger partial charge in [-0.15, -0.1) is 0 Å². The SMILES string of the molecule is COCC(O)/C(=C(\c1ccccc1)c1ccc(OCCN(C)C)cc1)c1ccccc1. The maximum Gasteiger partial charge on any atom is 0.119 e. The van der Waals surface area contributed by atoms with E-state index < -0.39 is 6.10 Å². The number of benzene rings is 3. The number of aliphatic hydroxyl groups excluding tert-OH is 1. The van der Waals surface area contributed by atoms with Gasteiger partial charge >= 0.3 is 0 Å². The second-order valence-corrected chi connectivity index (χ2v) is 7.67. The second-order valence-electron chi connectivity index (χ2n) is 7.67. The smallest absolute Gasteiger partial charge is 0.119 e. The van der Waals surface area contributed by atoms with E-state index in [9.17, 15) is 5.11 Å². The Morgan fingerprint density at radius 1 is 0.806 bits per heavy atom. The minimum absolute atomic E-state index is 0.215. The van der Waals surface area contributed by atoms with Crippen molar-refractivity contribution >= 4 is 11.1 Å². The number of ether oxygens (including phenoxy) is 2. The number of rotatable bonds is 10. The molecular formula is C27H31NO3. The zero-order valence-corrected chi connectivity index (χ0v) is 18.5. The van der Waals surface area contributed by atoms with Gasteiger partial charge in [-0.25, -0.2) is 0 Å². The fourth-order valence-corrected chi connectivity index (χ4v) is 3.51. The summed E-state index contributed by atoms with van der Waals surface area (Å²) >= 11 is 0. The molecule has 1 unspecified atom stereocenters. The summed E-state index contributed by atoms with van der Waals surface area (Å²) in [7, 11) is 5.66. The summed E-state index contributed by atoms with van der Waals surface area (Å²) in [5, 5.41) is 11.1. The van der Waals surface area contributed by atoms with Crippen molar-refractivity contribution in [2.45, 2.75) is 6.10 Å². The Balaban J connectivity index is 2.09. The molecule has 31 heavy (non-hydrogen) atoms. The van der Waals surface area contributed by atoms with E-state index in [1.165, 1.54) is 0 Å². The molecule has 0 aliphatic heterocycles. The number of hydrogen-bond acceptors (Lipinski definition) is 4. The van der Waals surface area contributed by atoms with Gasteiger partial charge in [0.05, 0.1) is 6.61 Å². The van der Waals surface area contributed by atoms with Gasteiger partial charge in [0.2, 0.25) is 0 Å². The molecule has 0 heterocycles. The van der Waals surface area contributed by atoms with Crippen LogP contribution in [-0.2, 0) is 4.74 Å². The zero-order valence-electron chi connectivity index (χ0n) is 18.5. The monoisotopic (exact) mass is 417 g/mol. The molecule has 0 aliphatic rings. The number of aliphatic hydroxyl groups is 1. The van der Waals surface area contributed by atoms with E-state index in [1.807, 2.05) is 74.8 Å². The van der Waals surface area contributed by atoms with Crippen LogP contribution in [0, 0.1) is 0 Å². The first-order chi connectivity index (χ1) is 15.1. The van der Waals surface area contributed by atoms with Gasteiger partial charge in [0.15, 0.2) is 0 Å². The minimum atomic E-state index is -0.765. The standard InChI is InChI=1S/C27H31NO3/c1-28(2)18-19-31-24-16-14-23(15-17-24)26(21-10-6-4-7-11-21)27(25(29)20-30-3)22-12-8-5-9-13-22/h4-17,25,29H,18-20H2,1-3H3/b27-26+. The van der Waals surface area contributed by atoms with Crippen molar-refractivity contribution in [3.8, 4) is 5.75 Å². The topological polar surface area (TPSA) is 41.9 Å². The molecule has 0 spiro atoms. The van der Waals surface area contributed by atoms with E-state index in [0.717, 1.165) is 40.1 Å².